The molecule has 0 fully saturated rings. The average molecular weight is 421 g/mol. The van der Waals surface area contributed by atoms with Gasteiger partial charge in [0.15, 0.2) is 17.1 Å². The average Bonchev–Trinajstić information content (AvgIpc) is 3.22. The molecule has 0 unspecified atom stereocenters. The Kier molecular flexibility index (Phi) is 5.08. The third-order valence-corrected chi connectivity index (χ3v) is 4.83. The molecule has 4 rings (SSSR count). The Morgan fingerprint density at radius 3 is 2.10 bits per heavy atom. The Morgan fingerprint density at radius 1 is 0.903 bits per heavy atom. The first-order chi connectivity index (χ1) is 14.9. The molecular weight excluding hydrogens is 402 g/mol. The number of ether oxygens (including phenoxy) is 3. The minimum absolute atomic E-state index is 0.0123. The largest absolute Gasteiger partial charge is 0.502 e. The number of methoxy groups -OCH3 is 3. The number of aromatic hydroxyl groups is 1. The van der Waals surface area contributed by atoms with Crippen LogP contribution in [0.1, 0.15) is 10.4 Å². The zero-order chi connectivity index (χ0) is 22.1. The van der Waals surface area contributed by atoms with E-state index in [0.29, 0.717) is 28.3 Å². The molecule has 0 aliphatic carbocycles. The van der Waals surface area contributed by atoms with Gasteiger partial charge in [-0.05, 0) is 42.5 Å². The van der Waals surface area contributed by atoms with E-state index in [1.807, 2.05) is 12.1 Å². The Balaban J connectivity index is 1.89. The summed E-state index contributed by atoms with van der Waals surface area (Å²) in [5, 5.41) is 19.9. The molecule has 9 heteroatoms. The number of aromatic amines is 1. The van der Waals surface area contributed by atoms with Gasteiger partial charge in [0.1, 0.15) is 11.6 Å². The van der Waals surface area contributed by atoms with Gasteiger partial charge in [0.25, 0.3) is 0 Å². The molecule has 2 aromatic heterocycles. The van der Waals surface area contributed by atoms with Crippen LogP contribution in [0.2, 0.25) is 0 Å². The summed E-state index contributed by atoms with van der Waals surface area (Å²) in [5.74, 6) is 0.238. The number of hydrogen-bond acceptors (Lipinski definition) is 7. The van der Waals surface area contributed by atoms with Gasteiger partial charge in [0, 0.05) is 11.1 Å². The zero-order valence-corrected chi connectivity index (χ0v) is 17.0. The standard InChI is InChI=1S/C22H19N3O6/c1-29-13-6-4-11(5-7-13)20-24-18-14(22(27)28)10-15(23-21(18)25-20)12-8-16(30-2)19(26)17(9-12)31-3/h4-10,26H,1-3H3,(H,27,28)(H,23,24,25). The summed E-state index contributed by atoms with van der Waals surface area (Å²) in [7, 11) is 4.40. The van der Waals surface area contributed by atoms with Crippen molar-refractivity contribution in [1.29, 1.82) is 0 Å². The van der Waals surface area contributed by atoms with Crippen molar-refractivity contribution in [2.75, 3.05) is 21.3 Å². The summed E-state index contributed by atoms with van der Waals surface area (Å²) in [6.45, 7) is 0. The van der Waals surface area contributed by atoms with Crippen LogP contribution in [0.25, 0.3) is 33.8 Å². The lowest BCUT2D eigenvalue weighted by molar-refractivity contribution is 0.0699. The first-order valence-corrected chi connectivity index (χ1v) is 9.19. The predicted octanol–water partition coefficient (Wildman–Crippen LogP) is 3.72. The number of hydrogen-bond donors (Lipinski definition) is 3. The number of nitrogens with zero attached hydrogens (tertiary/aromatic N) is 2. The number of aromatic nitrogens is 3. The molecule has 0 saturated heterocycles. The molecule has 0 aliphatic rings. The highest BCUT2D eigenvalue weighted by Crippen LogP contribution is 2.40. The fourth-order valence-electron chi connectivity index (χ4n) is 3.23. The first-order valence-electron chi connectivity index (χ1n) is 9.19. The SMILES string of the molecule is COc1ccc(-c2nc3nc(-c4cc(OC)c(O)c(OC)c4)cc(C(=O)O)c3[nH]2)cc1. The molecule has 31 heavy (non-hydrogen) atoms. The zero-order valence-electron chi connectivity index (χ0n) is 17.0. The molecular formula is C22H19N3O6. The van der Waals surface area contributed by atoms with Gasteiger partial charge in [-0.25, -0.2) is 14.8 Å². The van der Waals surface area contributed by atoms with Crippen molar-refractivity contribution in [3.8, 4) is 45.6 Å². The van der Waals surface area contributed by atoms with Gasteiger partial charge in [-0.3, -0.25) is 0 Å². The van der Waals surface area contributed by atoms with E-state index < -0.39 is 5.97 Å². The number of H-pyrrole nitrogens is 1. The molecule has 2 aromatic carbocycles. The molecule has 0 aliphatic heterocycles. The minimum atomic E-state index is -1.13. The Labute approximate surface area is 176 Å². The van der Waals surface area contributed by atoms with E-state index in [0.717, 1.165) is 5.56 Å². The van der Waals surface area contributed by atoms with Crippen LogP contribution in [0.4, 0.5) is 0 Å². The van der Waals surface area contributed by atoms with Crippen molar-refractivity contribution in [3.05, 3.63) is 48.0 Å². The maximum absolute atomic E-state index is 11.9. The van der Waals surface area contributed by atoms with Gasteiger partial charge in [-0.2, -0.15) is 0 Å². The van der Waals surface area contributed by atoms with E-state index in [1.54, 1.807) is 31.4 Å². The number of imidazole rings is 1. The fourth-order valence-corrected chi connectivity index (χ4v) is 3.23. The lowest BCUT2D eigenvalue weighted by Crippen LogP contribution is -2.00. The van der Waals surface area contributed by atoms with E-state index in [4.69, 9.17) is 14.2 Å². The number of fused-ring (bicyclic) bond motifs is 1. The highest BCUT2D eigenvalue weighted by molar-refractivity contribution is 6.02. The van der Waals surface area contributed by atoms with Gasteiger partial charge in [-0.1, -0.05) is 0 Å². The van der Waals surface area contributed by atoms with E-state index >= 15 is 0 Å². The van der Waals surface area contributed by atoms with Crippen LogP contribution in [0.5, 0.6) is 23.0 Å². The number of rotatable bonds is 6. The van der Waals surface area contributed by atoms with Crippen LogP contribution in [0.3, 0.4) is 0 Å². The maximum atomic E-state index is 11.9. The van der Waals surface area contributed by atoms with Crippen LogP contribution in [-0.4, -0.2) is 52.5 Å². The molecule has 0 bridgehead atoms. The summed E-state index contributed by atoms with van der Waals surface area (Å²) in [6.07, 6.45) is 0. The first kappa shape index (κ1) is 20.0. The minimum Gasteiger partial charge on any atom is -0.502 e. The number of phenols is 1. The van der Waals surface area contributed by atoms with Gasteiger partial charge >= 0.3 is 5.97 Å². The number of nitrogens with one attached hydrogen (secondary N) is 1. The number of aromatic carboxylic acids is 1. The second-order valence-corrected chi connectivity index (χ2v) is 6.60. The van der Waals surface area contributed by atoms with Crippen LogP contribution >= 0.6 is 0 Å². The van der Waals surface area contributed by atoms with Crippen LogP contribution in [0, 0.1) is 0 Å². The summed E-state index contributed by atoms with van der Waals surface area (Å²) in [4.78, 5) is 24.0. The van der Waals surface area contributed by atoms with E-state index in [-0.39, 0.29) is 28.5 Å². The van der Waals surface area contributed by atoms with Crippen molar-refractivity contribution in [3.63, 3.8) is 0 Å². The Hall–Kier alpha value is -4.27. The second-order valence-electron chi connectivity index (χ2n) is 6.60. The molecule has 9 nitrogen and oxygen atoms in total. The van der Waals surface area contributed by atoms with Crippen LogP contribution in [0.15, 0.2) is 42.5 Å². The highest BCUT2D eigenvalue weighted by atomic mass is 16.5. The summed E-state index contributed by atoms with van der Waals surface area (Å²) in [5.41, 5.74) is 2.16. The molecule has 4 aromatic rings. The molecule has 3 N–H and O–H groups in total. The molecule has 0 saturated carbocycles. The third-order valence-electron chi connectivity index (χ3n) is 4.83. The monoisotopic (exact) mass is 421 g/mol. The number of pyridine rings is 1. The normalized spacial score (nSPS) is 10.8. The number of carboxylic acids is 1. The second kappa shape index (κ2) is 7.86. The van der Waals surface area contributed by atoms with Crippen molar-refractivity contribution in [2.24, 2.45) is 0 Å². The van der Waals surface area contributed by atoms with Crippen molar-refractivity contribution in [1.82, 2.24) is 15.0 Å². The van der Waals surface area contributed by atoms with Crippen molar-refractivity contribution < 1.29 is 29.2 Å². The molecule has 0 atom stereocenters. The number of benzene rings is 2. The van der Waals surface area contributed by atoms with Gasteiger partial charge < -0.3 is 29.4 Å². The lowest BCUT2D eigenvalue weighted by atomic mass is 10.1. The Morgan fingerprint density at radius 2 is 1.55 bits per heavy atom. The number of phenolic OH excluding ortho intramolecular Hbond substituents is 1. The Bertz CT molecular complexity index is 1260. The molecule has 158 valence electrons. The van der Waals surface area contributed by atoms with E-state index in [1.165, 1.54) is 20.3 Å². The van der Waals surface area contributed by atoms with E-state index in [9.17, 15) is 15.0 Å². The predicted molar refractivity (Wildman–Crippen MR) is 113 cm³/mol. The van der Waals surface area contributed by atoms with Gasteiger partial charge in [0.05, 0.1) is 38.1 Å². The highest BCUT2D eigenvalue weighted by Gasteiger charge is 2.19. The van der Waals surface area contributed by atoms with Gasteiger partial charge in [-0.15, -0.1) is 0 Å². The number of carbonyl (C=O) groups is 1. The fraction of sp³-hybridized carbons (Fsp3) is 0.136. The van der Waals surface area contributed by atoms with Crippen LogP contribution in [-0.2, 0) is 0 Å². The summed E-state index contributed by atoms with van der Waals surface area (Å²) >= 11 is 0. The summed E-state index contributed by atoms with van der Waals surface area (Å²) < 4.78 is 15.5. The van der Waals surface area contributed by atoms with E-state index in [2.05, 4.69) is 15.0 Å². The van der Waals surface area contributed by atoms with Crippen molar-refractivity contribution >= 4 is 17.1 Å². The smallest absolute Gasteiger partial charge is 0.338 e. The maximum Gasteiger partial charge on any atom is 0.338 e. The number of carboxylic acid groups (broad SMARTS) is 1. The lowest BCUT2D eigenvalue weighted by Gasteiger charge is -2.11. The molecule has 0 amide bonds. The summed E-state index contributed by atoms with van der Waals surface area (Å²) in [6, 6.07) is 11.7. The third kappa shape index (κ3) is 3.57. The van der Waals surface area contributed by atoms with Crippen LogP contribution < -0.4 is 14.2 Å². The molecule has 0 spiro atoms. The molecule has 2 heterocycles. The van der Waals surface area contributed by atoms with Crippen molar-refractivity contribution in [2.45, 2.75) is 0 Å². The quantitative estimate of drug-likeness (QED) is 0.430. The van der Waals surface area contributed by atoms with Gasteiger partial charge in [0.2, 0.25) is 5.75 Å². The molecule has 0 radical (unpaired) electrons. The topological polar surface area (TPSA) is 127 Å².